The van der Waals surface area contributed by atoms with Crippen molar-refractivity contribution in [3.8, 4) is 0 Å². The number of amides is 1. The third kappa shape index (κ3) is 2.39. The average molecular weight is 228 g/mol. The molecule has 2 aromatic heterocycles. The van der Waals surface area contributed by atoms with Gasteiger partial charge in [0.05, 0.1) is 0 Å². The lowest BCUT2D eigenvalue weighted by Crippen LogP contribution is -2.27. The van der Waals surface area contributed by atoms with Crippen molar-refractivity contribution in [2.75, 3.05) is 17.7 Å². The van der Waals surface area contributed by atoms with E-state index in [4.69, 9.17) is 5.73 Å². The summed E-state index contributed by atoms with van der Waals surface area (Å²) < 4.78 is 0. The molecule has 0 bridgehead atoms. The number of anilines is 2. The van der Waals surface area contributed by atoms with E-state index in [-0.39, 0.29) is 5.91 Å². The fourth-order valence-electron chi connectivity index (χ4n) is 1.40. The Bertz CT molecular complexity index is 527. The smallest absolute Gasteiger partial charge is 0.277 e. The summed E-state index contributed by atoms with van der Waals surface area (Å²) in [6, 6.07) is 10.3. The topological polar surface area (TPSA) is 72.1 Å². The molecule has 0 saturated carbocycles. The predicted molar refractivity (Wildman–Crippen MR) is 65.6 cm³/mol. The molecule has 0 fully saturated rings. The Morgan fingerprint density at radius 1 is 1.24 bits per heavy atom. The number of nitrogens with two attached hydrogens (primary N) is 1. The highest BCUT2D eigenvalue weighted by Crippen LogP contribution is 2.11. The molecule has 0 aromatic carbocycles. The minimum absolute atomic E-state index is 0.240. The number of carbonyl (C=O) groups excluding carboxylic acids is 1. The van der Waals surface area contributed by atoms with Gasteiger partial charge in [0.1, 0.15) is 17.3 Å². The van der Waals surface area contributed by atoms with E-state index >= 15 is 0 Å². The highest BCUT2D eigenvalue weighted by Gasteiger charge is 2.15. The Balaban J connectivity index is 2.27. The molecule has 86 valence electrons. The van der Waals surface area contributed by atoms with Gasteiger partial charge in [0.15, 0.2) is 0 Å². The van der Waals surface area contributed by atoms with E-state index in [1.807, 2.05) is 6.07 Å². The van der Waals surface area contributed by atoms with Crippen molar-refractivity contribution in [1.82, 2.24) is 9.97 Å². The highest BCUT2D eigenvalue weighted by molar-refractivity contribution is 6.03. The Kier molecular flexibility index (Phi) is 3.00. The van der Waals surface area contributed by atoms with Gasteiger partial charge in [0, 0.05) is 13.2 Å². The van der Waals surface area contributed by atoms with Gasteiger partial charge in [-0.05, 0) is 24.3 Å². The van der Waals surface area contributed by atoms with Crippen molar-refractivity contribution in [2.24, 2.45) is 0 Å². The maximum atomic E-state index is 12.1. The number of nitrogen functional groups attached to an aromatic ring is 1. The third-order valence-corrected chi connectivity index (χ3v) is 2.29. The van der Waals surface area contributed by atoms with E-state index in [2.05, 4.69) is 9.97 Å². The SMILES string of the molecule is CN(C(=O)c1cccc(N)n1)c1ccccn1. The number of hydrogen-bond donors (Lipinski definition) is 1. The molecule has 17 heavy (non-hydrogen) atoms. The van der Waals surface area contributed by atoms with Crippen LogP contribution in [-0.2, 0) is 0 Å². The van der Waals surface area contributed by atoms with Crippen molar-refractivity contribution in [3.63, 3.8) is 0 Å². The van der Waals surface area contributed by atoms with Gasteiger partial charge in [0.2, 0.25) is 0 Å². The first-order valence-electron chi connectivity index (χ1n) is 5.10. The van der Waals surface area contributed by atoms with E-state index in [0.717, 1.165) is 0 Å². The summed E-state index contributed by atoms with van der Waals surface area (Å²) in [6.45, 7) is 0. The number of rotatable bonds is 2. The van der Waals surface area contributed by atoms with Gasteiger partial charge in [-0.3, -0.25) is 9.69 Å². The highest BCUT2D eigenvalue weighted by atomic mass is 16.2. The van der Waals surface area contributed by atoms with Crippen LogP contribution in [0.1, 0.15) is 10.5 Å². The molecule has 0 unspecified atom stereocenters. The molecule has 2 N–H and O–H groups in total. The molecule has 0 aliphatic carbocycles. The molecule has 2 heterocycles. The van der Waals surface area contributed by atoms with Gasteiger partial charge in [-0.1, -0.05) is 12.1 Å². The molecule has 0 saturated heterocycles. The monoisotopic (exact) mass is 228 g/mol. The van der Waals surface area contributed by atoms with Gasteiger partial charge in [0.25, 0.3) is 5.91 Å². The van der Waals surface area contributed by atoms with Crippen LogP contribution in [0.2, 0.25) is 0 Å². The van der Waals surface area contributed by atoms with Gasteiger partial charge in [-0.15, -0.1) is 0 Å². The second-order valence-electron chi connectivity index (χ2n) is 3.50. The summed E-state index contributed by atoms with van der Waals surface area (Å²) in [6.07, 6.45) is 1.63. The average Bonchev–Trinajstić information content (AvgIpc) is 2.38. The molecule has 2 aromatic rings. The van der Waals surface area contributed by atoms with Crippen molar-refractivity contribution in [3.05, 3.63) is 48.3 Å². The summed E-state index contributed by atoms with van der Waals surface area (Å²) in [7, 11) is 1.65. The molecule has 0 spiro atoms. The zero-order valence-electron chi connectivity index (χ0n) is 9.37. The summed E-state index contributed by atoms with van der Waals surface area (Å²) in [5, 5.41) is 0. The molecule has 0 radical (unpaired) electrons. The van der Waals surface area contributed by atoms with Crippen molar-refractivity contribution >= 4 is 17.5 Å². The number of nitrogens with zero attached hydrogens (tertiary/aromatic N) is 3. The lowest BCUT2D eigenvalue weighted by Gasteiger charge is -2.15. The fourth-order valence-corrected chi connectivity index (χ4v) is 1.40. The van der Waals surface area contributed by atoms with E-state index in [1.54, 1.807) is 43.6 Å². The van der Waals surface area contributed by atoms with Crippen molar-refractivity contribution in [2.45, 2.75) is 0 Å². The lowest BCUT2D eigenvalue weighted by atomic mass is 10.3. The Morgan fingerprint density at radius 2 is 2.06 bits per heavy atom. The maximum absolute atomic E-state index is 12.1. The Hall–Kier alpha value is -2.43. The summed E-state index contributed by atoms with van der Waals surface area (Å²) >= 11 is 0. The summed E-state index contributed by atoms with van der Waals surface area (Å²) in [5.41, 5.74) is 5.84. The number of aromatic nitrogens is 2. The molecule has 5 heteroatoms. The second-order valence-corrected chi connectivity index (χ2v) is 3.50. The molecule has 0 aliphatic rings. The minimum atomic E-state index is -0.240. The predicted octanol–water partition coefficient (Wildman–Crippen LogP) is 1.34. The minimum Gasteiger partial charge on any atom is -0.384 e. The first kappa shape index (κ1) is 11.1. The first-order valence-corrected chi connectivity index (χ1v) is 5.10. The summed E-state index contributed by atoms with van der Waals surface area (Å²) in [5.74, 6) is 0.656. The van der Waals surface area contributed by atoms with Crippen molar-refractivity contribution < 1.29 is 4.79 Å². The standard InChI is InChI=1S/C12H12N4O/c1-16(11-7-2-3-8-14-11)12(17)9-5-4-6-10(13)15-9/h2-8H,1H3,(H2,13,15). The van der Waals surface area contributed by atoms with Crippen LogP contribution in [0.4, 0.5) is 11.6 Å². The van der Waals surface area contributed by atoms with Crippen LogP contribution in [0.25, 0.3) is 0 Å². The van der Waals surface area contributed by atoms with Crippen LogP contribution in [0.5, 0.6) is 0 Å². The number of hydrogen-bond acceptors (Lipinski definition) is 4. The van der Waals surface area contributed by atoms with Gasteiger partial charge < -0.3 is 5.73 Å². The first-order chi connectivity index (χ1) is 8.18. The molecule has 5 nitrogen and oxygen atoms in total. The number of pyridine rings is 2. The lowest BCUT2D eigenvalue weighted by molar-refractivity contribution is 0.0987. The molecular weight excluding hydrogens is 216 g/mol. The van der Waals surface area contributed by atoms with Crippen molar-refractivity contribution in [1.29, 1.82) is 0 Å². The van der Waals surface area contributed by atoms with E-state index in [0.29, 0.717) is 17.3 Å². The molecule has 1 amide bonds. The Morgan fingerprint density at radius 3 is 2.71 bits per heavy atom. The summed E-state index contributed by atoms with van der Waals surface area (Å²) in [4.78, 5) is 21.6. The molecule has 2 rings (SSSR count). The van der Waals surface area contributed by atoms with Crippen LogP contribution >= 0.6 is 0 Å². The van der Waals surface area contributed by atoms with Crippen LogP contribution < -0.4 is 10.6 Å². The van der Waals surface area contributed by atoms with Gasteiger partial charge in [-0.25, -0.2) is 9.97 Å². The number of carbonyl (C=O) groups is 1. The maximum Gasteiger partial charge on any atom is 0.277 e. The van der Waals surface area contributed by atoms with Crippen LogP contribution in [0, 0.1) is 0 Å². The van der Waals surface area contributed by atoms with Crippen LogP contribution in [0.3, 0.4) is 0 Å². The quantitative estimate of drug-likeness (QED) is 0.841. The van der Waals surface area contributed by atoms with Crippen LogP contribution in [-0.4, -0.2) is 22.9 Å². The zero-order chi connectivity index (χ0) is 12.3. The largest absolute Gasteiger partial charge is 0.384 e. The van der Waals surface area contributed by atoms with Gasteiger partial charge in [-0.2, -0.15) is 0 Å². The van der Waals surface area contributed by atoms with Crippen LogP contribution in [0.15, 0.2) is 42.6 Å². The zero-order valence-corrected chi connectivity index (χ0v) is 9.37. The van der Waals surface area contributed by atoms with E-state index < -0.39 is 0 Å². The van der Waals surface area contributed by atoms with E-state index in [1.165, 1.54) is 4.90 Å². The third-order valence-electron chi connectivity index (χ3n) is 2.29. The van der Waals surface area contributed by atoms with Gasteiger partial charge >= 0.3 is 0 Å². The normalized spacial score (nSPS) is 9.94. The molecule has 0 aliphatic heterocycles. The second kappa shape index (κ2) is 4.61. The Labute approximate surface area is 98.9 Å². The fraction of sp³-hybridized carbons (Fsp3) is 0.0833. The molecular formula is C12H12N4O. The van der Waals surface area contributed by atoms with E-state index in [9.17, 15) is 4.79 Å². The molecule has 0 atom stereocenters.